The Morgan fingerprint density at radius 2 is 2.15 bits per heavy atom. The number of piperidine rings is 1. The monoisotopic (exact) mass is 372 g/mol. The number of halogens is 2. The Morgan fingerprint density at radius 1 is 1.41 bits per heavy atom. The second-order valence-corrected chi connectivity index (χ2v) is 6.89. The first kappa shape index (κ1) is 17.5. The number of hydrogen-bond acceptors (Lipinski definition) is 5. The molecule has 1 aromatic heterocycles. The van der Waals surface area contributed by atoms with Crippen LogP contribution in [-0.4, -0.2) is 41.4 Å². The van der Waals surface area contributed by atoms with Gasteiger partial charge >= 0.3 is 5.97 Å². The second kappa shape index (κ2) is 6.34. The number of carbonyl (C=O) groups is 1. The normalized spacial score (nSPS) is 22.2. The Balaban J connectivity index is 1.48. The number of fused-ring (bicyclic) bond motifs is 1. The smallest absolute Gasteiger partial charge is 0.341 e. The van der Waals surface area contributed by atoms with E-state index in [9.17, 15) is 18.8 Å². The first-order valence-electron chi connectivity index (χ1n) is 8.79. The fourth-order valence-electron chi connectivity index (χ4n) is 3.67. The van der Waals surface area contributed by atoms with Crippen LogP contribution in [0.1, 0.15) is 28.4 Å². The van der Waals surface area contributed by atoms with Crippen molar-refractivity contribution >= 4 is 11.7 Å². The van der Waals surface area contributed by atoms with Crippen LogP contribution in [0.3, 0.4) is 0 Å². The summed E-state index contributed by atoms with van der Waals surface area (Å²) in [6.45, 7) is 2.99. The van der Waals surface area contributed by atoms with E-state index in [1.165, 1.54) is 6.20 Å². The summed E-state index contributed by atoms with van der Waals surface area (Å²) in [5.41, 5.74) is 2.35. The fourth-order valence-corrected chi connectivity index (χ4v) is 3.67. The maximum absolute atomic E-state index is 13.4. The molecule has 140 valence electrons. The molecule has 2 aliphatic rings. The Morgan fingerprint density at radius 3 is 2.81 bits per heavy atom. The van der Waals surface area contributed by atoms with Crippen molar-refractivity contribution < 1.29 is 18.3 Å². The molecule has 2 unspecified atom stereocenters. The van der Waals surface area contributed by atoms with Gasteiger partial charge in [-0.2, -0.15) is 10.4 Å². The Labute approximate surface area is 154 Å². The average Bonchev–Trinajstić information content (AvgIpc) is 3.11. The predicted molar refractivity (Wildman–Crippen MR) is 92.6 cm³/mol. The van der Waals surface area contributed by atoms with Gasteiger partial charge in [-0.05, 0) is 24.6 Å². The summed E-state index contributed by atoms with van der Waals surface area (Å²) in [5.74, 6) is -4.09. The summed E-state index contributed by atoms with van der Waals surface area (Å²) in [5, 5.41) is 13.6. The number of hydrogen-bond donors (Lipinski definition) is 0. The third-order valence-corrected chi connectivity index (χ3v) is 5.26. The van der Waals surface area contributed by atoms with Crippen LogP contribution in [0.5, 0.6) is 0 Å². The van der Waals surface area contributed by atoms with Gasteiger partial charge in [0.2, 0.25) is 0 Å². The molecule has 1 aliphatic heterocycles. The number of benzene rings is 1. The van der Waals surface area contributed by atoms with Crippen molar-refractivity contribution in [3.8, 4) is 6.07 Å². The Kier molecular flexibility index (Phi) is 4.10. The molecule has 0 radical (unpaired) electrons. The van der Waals surface area contributed by atoms with E-state index >= 15 is 0 Å². The van der Waals surface area contributed by atoms with Crippen LogP contribution in [0.4, 0.5) is 14.5 Å². The maximum atomic E-state index is 13.4. The van der Waals surface area contributed by atoms with Crippen LogP contribution < -0.4 is 4.90 Å². The Bertz CT molecular complexity index is 920. The largest absolute Gasteiger partial charge is 0.462 e. The number of anilines is 1. The van der Waals surface area contributed by atoms with Crippen molar-refractivity contribution in [1.29, 1.82) is 5.26 Å². The number of ether oxygens (including phenoxy) is 1. The first-order valence-corrected chi connectivity index (χ1v) is 8.79. The van der Waals surface area contributed by atoms with Crippen molar-refractivity contribution in [2.45, 2.75) is 19.4 Å². The minimum atomic E-state index is -2.52. The van der Waals surface area contributed by atoms with Crippen molar-refractivity contribution in [2.75, 3.05) is 24.6 Å². The number of nitriles is 1. The summed E-state index contributed by atoms with van der Waals surface area (Å²) in [7, 11) is 0. The molecule has 2 atom stereocenters. The number of aromatic nitrogens is 2. The highest BCUT2D eigenvalue weighted by atomic mass is 19.3. The lowest BCUT2D eigenvalue weighted by Gasteiger charge is -2.22. The molecule has 1 saturated heterocycles. The van der Waals surface area contributed by atoms with Crippen LogP contribution in [0, 0.1) is 23.2 Å². The van der Waals surface area contributed by atoms with Gasteiger partial charge in [-0.1, -0.05) is 6.07 Å². The molecule has 6 nitrogen and oxygen atoms in total. The molecular weight excluding hydrogens is 354 g/mol. The van der Waals surface area contributed by atoms with Gasteiger partial charge in [0.1, 0.15) is 0 Å². The van der Waals surface area contributed by atoms with E-state index in [-0.39, 0.29) is 6.61 Å². The van der Waals surface area contributed by atoms with E-state index in [0.29, 0.717) is 30.8 Å². The fraction of sp³-hybridized carbons (Fsp3) is 0.421. The van der Waals surface area contributed by atoms with E-state index in [1.807, 2.05) is 17.0 Å². The molecule has 8 heteroatoms. The van der Waals surface area contributed by atoms with E-state index in [2.05, 4.69) is 11.2 Å². The third kappa shape index (κ3) is 3.03. The molecule has 1 saturated carbocycles. The SMILES string of the molecule is CCOC(=O)c1cnn(Cc2ccc(N3CC4C(C3)C4(F)F)cc2C#N)c1. The lowest BCUT2D eigenvalue weighted by Crippen LogP contribution is -2.27. The number of esters is 1. The molecule has 2 fully saturated rings. The molecule has 4 rings (SSSR count). The zero-order valence-electron chi connectivity index (χ0n) is 14.7. The van der Waals surface area contributed by atoms with Crippen molar-refractivity contribution in [3.63, 3.8) is 0 Å². The van der Waals surface area contributed by atoms with Crippen LogP contribution in [0.2, 0.25) is 0 Å². The average molecular weight is 372 g/mol. The van der Waals surface area contributed by atoms with Gasteiger partial charge in [0, 0.05) is 25.0 Å². The molecule has 1 aliphatic carbocycles. The van der Waals surface area contributed by atoms with Gasteiger partial charge < -0.3 is 9.64 Å². The minimum absolute atomic E-state index is 0.286. The summed E-state index contributed by atoms with van der Waals surface area (Å²) < 4.78 is 33.2. The molecular formula is C19H18F2N4O2. The quantitative estimate of drug-likeness (QED) is 0.755. The number of rotatable bonds is 5. The standard InChI is InChI=1S/C19H18F2N4O2/c1-2-27-18(26)14-7-23-25(9-14)8-12-3-4-15(5-13(12)6-22)24-10-16-17(11-24)19(16,20)21/h3-5,7,9,16-17H,2,8,10-11H2,1H3. The van der Waals surface area contributed by atoms with Crippen molar-refractivity contribution in [3.05, 3.63) is 47.3 Å². The molecule has 27 heavy (non-hydrogen) atoms. The summed E-state index contributed by atoms with van der Waals surface area (Å²) in [4.78, 5) is 13.6. The zero-order chi connectivity index (χ0) is 19.2. The zero-order valence-corrected chi connectivity index (χ0v) is 14.7. The van der Waals surface area contributed by atoms with Gasteiger partial charge in [-0.15, -0.1) is 0 Å². The molecule has 0 N–H and O–H groups in total. The highest BCUT2D eigenvalue weighted by molar-refractivity contribution is 5.88. The molecule has 1 aromatic carbocycles. The number of carbonyl (C=O) groups excluding carboxylic acids is 1. The predicted octanol–water partition coefficient (Wildman–Crippen LogP) is 2.68. The van der Waals surface area contributed by atoms with Gasteiger partial charge in [-0.3, -0.25) is 4.68 Å². The van der Waals surface area contributed by atoms with Gasteiger partial charge in [0.25, 0.3) is 5.92 Å². The van der Waals surface area contributed by atoms with E-state index in [1.54, 1.807) is 23.9 Å². The second-order valence-electron chi connectivity index (χ2n) is 6.89. The highest BCUT2D eigenvalue weighted by Gasteiger charge is 2.71. The van der Waals surface area contributed by atoms with Crippen LogP contribution in [0.25, 0.3) is 0 Å². The third-order valence-electron chi connectivity index (χ3n) is 5.26. The topological polar surface area (TPSA) is 71.2 Å². The summed E-state index contributed by atoms with van der Waals surface area (Å²) in [6.07, 6.45) is 3.00. The molecule has 0 amide bonds. The number of nitrogens with zero attached hydrogens (tertiary/aromatic N) is 4. The maximum Gasteiger partial charge on any atom is 0.341 e. The van der Waals surface area contributed by atoms with Crippen LogP contribution >= 0.6 is 0 Å². The van der Waals surface area contributed by atoms with Gasteiger partial charge in [-0.25, -0.2) is 13.6 Å². The minimum Gasteiger partial charge on any atom is -0.462 e. The van der Waals surface area contributed by atoms with Crippen molar-refractivity contribution in [2.24, 2.45) is 11.8 Å². The first-order chi connectivity index (χ1) is 12.9. The Hall–Kier alpha value is -2.95. The van der Waals surface area contributed by atoms with Crippen LogP contribution in [-0.2, 0) is 11.3 Å². The van der Waals surface area contributed by atoms with E-state index < -0.39 is 23.7 Å². The molecule has 2 heterocycles. The number of alkyl halides is 2. The summed E-state index contributed by atoms with van der Waals surface area (Å²) >= 11 is 0. The molecule has 2 aromatic rings. The molecule has 0 spiro atoms. The van der Waals surface area contributed by atoms with Gasteiger partial charge in [0.05, 0.1) is 48.4 Å². The molecule has 0 bridgehead atoms. The lowest BCUT2D eigenvalue weighted by molar-refractivity contribution is 0.0526. The van der Waals surface area contributed by atoms with E-state index in [4.69, 9.17) is 4.74 Å². The van der Waals surface area contributed by atoms with Gasteiger partial charge in [0.15, 0.2) is 0 Å². The van der Waals surface area contributed by atoms with Crippen LogP contribution in [0.15, 0.2) is 30.6 Å². The highest BCUT2D eigenvalue weighted by Crippen LogP contribution is 2.59. The van der Waals surface area contributed by atoms with Crippen molar-refractivity contribution in [1.82, 2.24) is 9.78 Å². The van der Waals surface area contributed by atoms with E-state index in [0.717, 1.165) is 11.3 Å². The summed E-state index contributed by atoms with van der Waals surface area (Å²) in [6, 6.07) is 7.54. The lowest BCUT2D eigenvalue weighted by atomic mass is 10.1.